The number of hydrogen-bond donors (Lipinski definition) is 1. The maximum atomic E-state index is 13.6. The molecule has 1 fully saturated rings. The van der Waals surface area contributed by atoms with Crippen molar-refractivity contribution >= 4 is 38.9 Å². The topological polar surface area (TPSA) is 83.7 Å². The van der Waals surface area contributed by atoms with Crippen LogP contribution in [-0.4, -0.2) is 61.9 Å². The number of likely N-dealkylation sites (N-methyl/N-ethyl adjacent to an activating group) is 1. The number of piperidine rings is 1. The van der Waals surface area contributed by atoms with Gasteiger partial charge < -0.3 is 10.6 Å². The Balaban J connectivity index is 1.76. The number of nitrogens with zero attached hydrogens (tertiary/aromatic N) is 2. The van der Waals surface area contributed by atoms with E-state index in [2.05, 4.69) is 0 Å². The molecule has 34 heavy (non-hydrogen) atoms. The zero-order chi connectivity index (χ0) is 25.0. The van der Waals surface area contributed by atoms with Crippen molar-refractivity contribution in [2.45, 2.75) is 43.1 Å². The van der Waals surface area contributed by atoms with Crippen LogP contribution in [0.25, 0.3) is 0 Å². The van der Waals surface area contributed by atoms with Gasteiger partial charge in [0.1, 0.15) is 15.7 Å². The second-order valence-electron chi connectivity index (χ2n) is 8.92. The third-order valence-corrected chi connectivity index (χ3v) is 8.73. The highest BCUT2D eigenvalue weighted by Crippen LogP contribution is 2.31. The Kier molecular flexibility index (Phi) is 8.98. The molecule has 1 aliphatic heterocycles. The van der Waals surface area contributed by atoms with Crippen LogP contribution in [-0.2, 0) is 21.2 Å². The van der Waals surface area contributed by atoms with Gasteiger partial charge in [0.15, 0.2) is 0 Å². The van der Waals surface area contributed by atoms with Crippen LogP contribution >= 0.6 is 23.2 Å². The molecule has 0 saturated carbocycles. The van der Waals surface area contributed by atoms with Gasteiger partial charge >= 0.3 is 0 Å². The minimum absolute atomic E-state index is 0.137. The first-order valence-corrected chi connectivity index (χ1v) is 13.8. The minimum atomic E-state index is -3.14. The van der Waals surface area contributed by atoms with Crippen molar-refractivity contribution in [2.24, 2.45) is 5.73 Å². The summed E-state index contributed by atoms with van der Waals surface area (Å²) >= 11 is 12.3. The number of nitrogens with two attached hydrogens (primary N) is 1. The second kappa shape index (κ2) is 11.4. The summed E-state index contributed by atoms with van der Waals surface area (Å²) in [6.45, 7) is 1.32. The number of hydrogen-bond acceptors (Lipinski definition) is 5. The normalized spacial score (nSPS) is 20.2. The molecule has 2 aromatic carbocycles. The quantitative estimate of drug-likeness (QED) is 0.557. The predicted octanol–water partition coefficient (Wildman–Crippen LogP) is 4.06. The summed E-state index contributed by atoms with van der Waals surface area (Å²) < 4.78 is 37.4. The van der Waals surface area contributed by atoms with Gasteiger partial charge in [-0.15, -0.1) is 0 Å². The standard InChI is InChI=1S/C24H30Cl2FN3O3S/c1-29(15-16-4-3-5-18(27)12-16)24(31)20(17-6-7-21(25)22(26)13-17)9-11-30-10-8-19(14-23(30)28)34(2,32)33/h3-7,12-13,19-20,23H,8-11,14-15,28H2,1-2H3. The van der Waals surface area contributed by atoms with E-state index >= 15 is 0 Å². The summed E-state index contributed by atoms with van der Waals surface area (Å²) in [5, 5.41) is 0.314. The van der Waals surface area contributed by atoms with E-state index in [1.165, 1.54) is 18.4 Å². The molecular formula is C24H30Cl2FN3O3S. The lowest BCUT2D eigenvalue weighted by Crippen LogP contribution is -2.51. The van der Waals surface area contributed by atoms with Crippen molar-refractivity contribution in [2.75, 3.05) is 26.4 Å². The first-order chi connectivity index (χ1) is 16.0. The number of benzene rings is 2. The first-order valence-electron chi connectivity index (χ1n) is 11.1. The molecule has 2 N–H and O–H groups in total. The van der Waals surface area contributed by atoms with E-state index in [9.17, 15) is 17.6 Å². The van der Waals surface area contributed by atoms with Gasteiger partial charge in [-0.1, -0.05) is 41.4 Å². The molecule has 2 aromatic rings. The molecule has 0 aliphatic carbocycles. The highest BCUT2D eigenvalue weighted by Gasteiger charge is 2.33. The van der Waals surface area contributed by atoms with Gasteiger partial charge in [-0.05, 0) is 54.7 Å². The van der Waals surface area contributed by atoms with Gasteiger partial charge in [-0.25, -0.2) is 12.8 Å². The van der Waals surface area contributed by atoms with Crippen molar-refractivity contribution < 1.29 is 17.6 Å². The zero-order valence-corrected chi connectivity index (χ0v) is 21.6. The summed E-state index contributed by atoms with van der Waals surface area (Å²) in [5.41, 5.74) is 7.69. The average Bonchev–Trinajstić information content (AvgIpc) is 2.76. The number of likely N-dealkylation sites (tertiary alicyclic amines) is 1. The molecule has 0 spiro atoms. The van der Waals surface area contributed by atoms with E-state index in [1.807, 2.05) is 4.90 Å². The largest absolute Gasteiger partial charge is 0.341 e. The molecule has 1 heterocycles. The molecule has 186 valence electrons. The highest BCUT2D eigenvalue weighted by atomic mass is 35.5. The van der Waals surface area contributed by atoms with Crippen molar-refractivity contribution in [3.8, 4) is 0 Å². The number of amides is 1. The fourth-order valence-corrected chi connectivity index (χ4v) is 5.78. The van der Waals surface area contributed by atoms with Crippen LogP contribution in [0.5, 0.6) is 0 Å². The molecule has 3 unspecified atom stereocenters. The number of carbonyl (C=O) groups excluding carboxylic acids is 1. The number of halogens is 3. The van der Waals surface area contributed by atoms with Crippen LogP contribution in [0.1, 0.15) is 36.3 Å². The summed E-state index contributed by atoms with van der Waals surface area (Å²) in [6, 6.07) is 11.3. The number of sulfone groups is 1. The van der Waals surface area contributed by atoms with Gasteiger partial charge in [-0.2, -0.15) is 0 Å². The molecule has 0 radical (unpaired) electrons. The summed E-state index contributed by atoms with van der Waals surface area (Å²) in [7, 11) is -1.46. The van der Waals surface area contributed by atoms with Gasteiger partial charge in [0, 0.05) is 32.9 Å². The molecule has 6 nitrogen and oxygen atoms in total. The lowest BCUT2D eigenvalue weighted by Gasteiger charge is -2.37. The lowest BCUT2D eigenvalue weighted by atomic mass is 9.93. The second-order valence-corrected chi connectivity index (χ2v) is 12.1. The third-order valence-electron chi connectivity index (χ3n) is 6.35. The zero-order valence-electron chi connectivity index (χ0n) is 19.3. The van der Waals surface area contributed by atoms with Crippen LogP contribution in [0.15, 0.2) is 42.5 Å². The van der Waals surface area contributed by atoms with Crippen molar-refractivity contribution in [3.63, 3.8) is 0 Å². The van der Waals surface area contributed by atoms with Crippen LogP contribution < -0.4 is 5.73 Å². The Morgan fingerprint density at radius 1 is 1.24 bits per heavy atom. The summed E-state index contributed by atoms with van der Waals surface area (Å²) in [5.74, 6) is -1.01. The molecule has 0 aromatic heterocycles. The van der Waals surface area contributed by atoms with Gasteiger partial charge in [0.25, 0.3) is 0 Å². The Morgan fingerprint density at radius 2 is 1.97 bits per heavy atom. The molecule has 3 atom stereocenters. The average molecular weight is 530 g/mol. The third kappa shape index (κ3) is 6.92. The maximum absolute atomic E-state index is 13.6. The van der Waals surface area contributed by atoms with Gasteiger partial charge in [0.05, 0.1) is 27.4 Å². The van der Waals surface area contributed by atoms with Gasteiger partial charge in [-0.3, -0.25) is 9.69 Å². The predicted molar refractivity (Wildman–Crippen MR) is 134 cm³/mol. The fourth-order valence-electron chi connectivity index (χ4n) is 4.39. The molecule has 10 heteroatoms. The SMILES string of the molecule is CN(Cc1cccc(F)c1)C(=O)C(CCN1CCC(S(C)(=O)=O)CC1N)c1ccc(Cl)c(Cl)c1. The maximum Gasteiger partial charge on any atom is 0.230 e. The summed E-state index contributed by atoms with van der Waals surface area (Å²) in [4.78, 5) is 17.1. The van der Waals surface area contributed by atoms with Crippen LogP contribution in [0.2, 0.25) is 10.0 Å². The molecule has 3 rings (SSSR count). The Hall–Kier alpha value is -1.71. The number of rotatable bonds is 8. The molecule has 1 saturated heterocycles. The van der Waals surface area contributed by atoms with E-state index in [1.54, 1.807) is 42.3 Å². The van der Waals surface area contributed by atoms with E-state index in [0.717, 1.165) is 5.56 Å². The van der Waals surface area contributed by atoms with E-state index in [-0.39, 0.29) is 18.3 Å². The van der Waals surface area contributed by atoms with E-state index in [0.29, 0.717) is 48.0 Å². The van der Waals surface area contributed by atoms with Crippen LogP contribution in [0.4, 0.5) is 4.39 Å². The van der Waals surface area contributed by atoms with Crippen molar-refractivity contribution in [1.29, 1.82) is 0 Å². The molecule has 1 amide bonds. The number of carbonyl (C=O) groups is 1. The minimum Gasteiger partial charge on any atom is -0.341 e. The van der Waals surface area contributed by atoms with Gasteiger partial charge in [0.2, 0.25) is 5.91 Å². The fraction of sp³-hybridized carbons (Fsp3) is 0.458. The molecule has 0 bridgehead atoms. The molecule has 1 aliphatic rings. The Bertz CT molecular complexity index is 1130. The van der Waals surface area contributed by atoms with Crippen LogP contribution in [0, 0.1) is 5.82 Å². The smallest absolute Gasteiger partial charge is 0.230 e. The highest BCUT2D eigenvalue weighted by molar-refractivity contribution is 7.91. The van der Waals surface area contributed by atoms with Crippen LogP contribution in [0.3, 0.4) is 0 Å². The van der Waals surface area contributed by atoms with Crippen molar-refractivity contribution in [1.82, 2.24) is 9.80 Å². The molecular weight excluding hydrogens is 500 g/mol. The summed E-state index contributed by atoms with van der Waals surface area (Å²) in [6.07, 6.45) is 2.18. The Labute approximate surface area is 210 Å². The van der Waals surface area contributed by atoms with E-state index in [4.69, 9.17) is 28.9 Å². The van der Waals surface area contributed by atoms with E-state index < -0.39 is 27.2 Å². The Morgan fingerprint density at radius 3 is 2.59 bits per heavy atom. The monoisotopic (exact) mass is 529 g/mol. The lowest BCUT2D eigenvalue weighted by molar-refractivity contribution is -0.132. The van der Waals surface area contributed by atoms with Crippen molar-refractivity contribution in [3.05, 3.63) is 69.5 Å². The first kappa shape index (κ1) is 26.9.